The van der Waals surface area contributed by atoms with Gasteiger partial charge >= 0.3 is 0 Å². The van der Waals surface area contributed by atoms with Gasteiger partial charge in [0.15, 0.2) is 0 Å². The molecule has 0 spiro atoms. The van der Waals surface area contributed by atoms with Crippen LogP contribution in [0.3, 0.4) is 0 Å². The van der Waals surface area contributed by atoms with Gasteiger partial charge in [0.25, 0.3) is 0 Å². The van der Waals surface area contributed by atoms with Crippen molar-refractivity contribution in [2.45, 2.75) is 58.4 Å². The maximum Gasteiger partial charge on any atom is 0.106 e. The third-order valence-electron chi connectivity index (χ3n) is 4.15. The minimum absolute atomic E-state index is 0.295. The molecule has 18 heavy (non-hydrogen) atoms. The first-order valence-corrected chi connectivity index (χ1v) is 7.54. The molecule has 2 atom stereocenters. The summed E-state index contributed by atoms with van der Waals surface area (Å²) in [5.41, 5.74) is -0.295. The Bertz CT molecular complexity index is 271. The molecular formula is C15H29N3. The molecule has 1 aliphatic heterocycles. The predicted octanol–water partition coefficient (Wildman–Crippen LogP) is 2.78. The van der Waals surface area contributed by atoms with Gasteiger partial charge in [-0.25, -0.2) is 0 Å². The molecule has 0 radical (unpaired) electrons. The normalized spacial score (nSPS) is 24.4. The van der Waals surface area contributed by atoms with E-state index in [9.17, 15) is 5.26 Å². The van der Waals surface area contributed by atoms with Crippen molar-refractivity contribution in [3.8, 4) is 6.07 Å². The lowest BCUT2D eigenvalue weighted by molar-refractivity contribution is 0.176. The molecule has 1 saturated heterocycles. The smallest absolute Gasteiger partial charge is 0.106 e. The quantitative estimate of drug-likeness (QED) is 0.756. The van der Waals surface area contributed by atoms with E-state index in [1.807, 2.05) is 0 Å². The lowest BCUT2D eigenvalue weighted by Gasteiger charge is -2.32. The summed E-state index contributed by atoms with van der Waals surface area (Å²) in [6.45, 7) is 11.0. The highest BCUT2D eigenvalue weighted by Gasteiger charge is 2.26. The fourth-order valence-corrected chi connectivity index (χ4v) is 3.00. The van der Waals surface area contributed by atoms with E-state index < -0.39 is 0 Å². The van der Waals surface area contributed by atoms with Gasteiger partial charge in [-0.05, 0) is 57.7 Å². The fourth-order valence-electron chi connectivity index (χ4n) is 3.00. The Morgan fingerprint density at radius 3 is 2.78 bits per heavy atom. The van der Waals surface area contributed by atoms with Crippen LogP contribution in [-0.4, -0.2) is 36.6 Å². The largest absolute Gasteiger partial charge is 0.303 e. The van der Waals surface area contributed by atoms with E-state index in [2.05, 4.69) is 37.1 Å². The Morgan fingerprint density at radius 2 is 2.22 bits per heavy atom. The predicted molar refractivity (Wildman–Crippen MR) is 76.4 cm³/mol. The third kappa shape index (κ3) is 4.59. The summed E-state index contributed by atoms with van der Waals surface area (Å²) < 4.78 is 0. The van der Waals surface area contributed by atoms with E-state index in [1.54, 1.807) is 0 Å². The van der Waals surface area contributed by atoms with Gasteiger partial charge in [0.2, 0.25) is 0 Å². The topological polar surface area (TPSA) is 39.1 Å². The minimum atomic E-state index is -0.295. The lowest BCUT2D eigenvalue weighted by atomic mass is 9.91. The van der Waals surface area contributed by atoms with Crippen LogP contribution in [0.15, 0.2) is 0 Å². The van der Waals surface area contributed by atoms with Crippen LogP contribution in [0.1, 0.15) is 52.9 Å². The van der Waals surface area contributed by atoms with Crippen LogP contribution in [-0.2, 0) is 0 Å². The molecule has 0 amide bonds. The van der Waals surface area contributed by atoms with Crippen molar-refractivity contribution in [1.29, 1.82) is 5.26 Å². The first-order valence-electron chi connectivity index (χ1n) is 7.54. The van der Waals surface area contributed by atoms with Crippen molar-refractivity contribution in [3.63, 3.8) is 0 Å². The molecule has 104 valence electrons. The number of rotatable bonds is 7. The second kappa shape index (κ2) is 7.76. The Morgan fingerprint density at radius 1 is 1.44 bits per heavy atom. The van der Waals surface area contributed by atoms with Crippen LogP contribution >= 0.6 is 0 Å². The minimum Gasteiger partial charge on any atom is -0.303 e. The molecule has 0 bridgehead atoms. The molecule has 3 heteroatoms. The van der Waals surface area contributed by atoms with E-state index in [-0.39, 0.29) is 5.54 Å². The van der Waals surface area contributed by atoms with Gasteiger partial charge in [-0.1, -0.05) is 20.8 Å². The summed E-state index contributed by atoms with van der Waals surface area (Å²) in [6, 6.07) is 2.48. The van der Waals surface area contributed by atoms with Gasteiger partial charge < -0.3 is 4.90 Å². The monoisotopic (exact) mass is 251 g/mol. The summed E-state index contributed by atoms with van der Waals surface area (Å²) in [4.78, 5) is 2.57. The molecule has 0 aliphatic carbocycles. The zero-order valence-electron chi connectivity index (χ0n) is 12.3. The molecule has 1 rings (SSSR count). The standard InChI is InChI=1S/C15H29N3/c1-4-15(13-16,17-5-2)9-7-11-18-10-6-8-14(3)12-18/h14,17H,4-12H2,1-3H3. The second-order valence-electron chi connectivity index (χ2n) is 5.73. The van der Waals surface area contributed by atoms with Crippen LogP contribution in [0.2, 0.25) is 0 Å². The van der Waals surface area contributed by atoms with Crippen molar-refractivity contribution >= 4 is 0 Å². The van der Waals surface area contributed by atoms with Gasteiger partial charge in [0, 0.05) is 6.54 Å². The van der Waals surface area contributed by atoms with Crippen LogP contribution in [0, 0.1) is 17.2 Å². The molecule has 1 N–H and O–H groups in total. The Balaban J connectivity index is 2.32. The van der Waals surface area contributed by atoms with Gasteiger partial charge in [-0.2, -0.15) is 5.26 Å². The van der Waals surface area contributed by atoms with Crippen molar-refractivity contribution in [2.24, 2.45) is 5.92 Å². The van der Waals surface area contributed by atoms with Crippen LogP contribution < -0.4 is 5.32 Å². The summed E-state index contributed by atoms with van der Waals surface area (Å²) in [5.74, 6) is 0.847. The number of likely N-dealkylation sites (tertiary alicyclic amines) is 1. The number of nitriles is 1. The molecule has 0 aromatic carbocycles. The summed E-state index contributed by atoms with van der Waals surface area (Å²) in [6.07, 6.45) is 5.71. The number of piperidine rings is 1. The number of hydrogen-bond donors (Lipinski definition) is 1. The van der Waals surface area contributed by atoms with Gasteiger partial charge in [0.1, 0.15) is 5.54 Å². The average molecular weight is 251 g/mol. The molecular weight excluding hydrogens is 222 g/mol. The van der Waals surface area contributed by atoms with Gasteiger partial charge in [0.05, 0.1) is 6.07 Å². The zero-order chi connectivity index (χ0) is 13.4. The first-order chi connectivity index (χ1) is 8.65. The van der Waals surface area contributed by atoms with Crippen LogP contribution in [0.4, 0.5) is 0 Å². The molecule has 0 aromatic heterocycles. The third-order valence-corrected chi connectivity index (χ3v) is 4.15. The second-order valence-corrected chi connectivity index (χ2v) is 5.73. The zero-order valence-corrected chi connectivity index (χ0v) is 12.3. The van der Waals surface area contributed by atoms with Crippen LogP contribution in [0.5, 0.6) is 0 Å². The SMILES string of the molecule is CCNC(C#N)(CC)CCCN1CCCC(C)C1. The Kier molecular flexibility index (Phi) is 6.67. The van der Waals surface area contributed by atoms with Crippen molar-refractivity contribution in [3.05, 3.63) is 0 Å². The number of nitrogens with zero attached hydrogens (tertiary/aromatic N) is 2. The highest BCUT2D eigenvalue weighted by atomic mass is 15.1. The van der Waals surface area contributed by atoms with Crippen molar-refractivity contribution < 1.29 is 0 Å². The summed E-state index contributed by atoms with van der Waals surface area (Å²) in [5, 5.41) is 12.7. The summed E-state index contributed by atoms with van der Waals surface area (Å²) in [7, 11) is 0. The fraction of sp³-hybridized carbons (Fsp3) is 0.933. The van der Waals surface area contributed by atoms with Crippen molar-refractivity contribution in [1.82, 2.24) is 10.2 Å². The van der Waals surface area contributed by atoms with E-state index in [0.29, 0.717) is 0 Å². The number of hydrogen-bond acceptors (Lipinski definition) is 3. The summed E-state index contributed by atoms with van der Waals surface area (Å²) >= 11 is 0. The van der Waals surface area contributed by atoms with Crippen LogP contribution in [0.25, 0.3) is 0 Å². The van der Waals surface area contributed by atoms with E-state index in [0.717, 1.165) is 38.3 Å². The lowest BCUT2D eigenvalue weighted by Crippen LogP contribution is -2.44. The molecule has 3 nitrogen and oxygen atoms in total. The van der Waals surface area contributed by atoms with E-state index in [1.165, 1.54) is 25.9 Å². The molecule has 2 unspecified atom stereocenters. The number of nitrogens with one attached hydrogen (secondary N) is 1. The highest BCUT2D eigenvalue weighted by Crippen LogP contribution is 2.19. The Labute approximate surface area is 113 Å². The highest BCUT2D eigenvalue weighted by molar-refractivity contribution is 5.06. The molecule has 1 fully saturated rings. The van der Waals surface area contributed by atoms with E-state index in [4.69, 9.17) is 0 Å². The van der Waals surface area contributed by atoms with Crippen molar-refractivity contribution in [2.75, 3.05) is 26.2 Å². The molecule has 0 saturated carbocycles. The maximum absolute atomic E-state index is 9.36. The maximum atomic E-state index is 9.36. The average Bonchev–Trinajstić information content (AvgIpc) is 2.38. The van der Waals surface area contributed by atoms with Gasteiger partial charge in [-0.3, -0.25) is 5.32 Å². The van der Waals surface area contributed by atoms with E-state index >= 15 is 0 Å². The molecule has 1 heterocycles. The van der Waals surface area contributed by atoms with Gasteiger partial charge in [-0.15, -0.1) is 0 Å². The molecule has 0 aromatic rings. The molecule has 1 aliphatic rings. The first kappa shape index (κ1) is 15.5. The Hall–Kier alpha value is -0.590.